The highest BCUT2D eigenvalue weighted by Crippen LogP contribution is 2.30. The minimum atomic E-state index is 0.246. The molecular formula is C12H14O. The molecule has 0 N–H and O–H groups in total. The van der Waals surface area contributed by atoms with Crippen molar-refractivity contribution in [2.75, 3.05) is 0 Å². The average Bonchev–Trinajstić information content (AvgIpc) is 2.45. The van der Waals surface area contributed by atoms with Crippen molar-refractivity contribution in [1.82, 2.24) is 0 Å². The molecule has 68 valence electrons. The van der Waals surface area contributed by atoms with Gasteiger partial charge in [0.15, 0.2) is 5.78 Å². The summed E-state index contributed by atoms with van der Waals surface area (Å²) in [6, 6.07) is 6.02. The number of benzene rings is 1. The Morgan fingerprint density at radius 2 is 2.23 bits per heavy atom. The Labute approximate surface area is 78.8 Å². The molecule has 1 unspecified atom stereocenters. The van der Waals surface area contributed by atoms with Crippen molar-refractivity contribution in [3.8, 4) is 0 Å². The molecule has 1 aromatic carbocycles. The van der Waals surface area contributed by atoms with Gasteiger partial charge in [-0.1, -0.05) is 25.1 Å². The topological polar surface area (TPSA) is 17.1 Å². The van der Waals surface area contributed by atoms with E-state index in [1.165, 1.54) is 11.1 Å². The predicted molar refractivity (Wildman–Crippen MR) is 53.0 cm³/mol. The molecule has 1 heteroatoms. The van der Waals surface area contributed by atoms with E-state index in [2.05, 4.69) is 19.9 Å². The van der Waals surface area contributed by atoms with E-state index >= 15 is 0 Å². The van der Waals surface area contributed by atoms with Gasteiger partial charge in [0.05, 0.1) is 0 Å². The molecule has 13 heavy (non-hydrogen) atoms. The van der Waals surface area contributed by atoms with Crippen LogP contribution in [0, 0.1) is 12.8 Å². The Balaban J connectivity index is 2.49. The minimum Gasteiger partial charge on any atom is -0.294 e. The van der Waals surface area contributed by atoms with Crippen LogP contribution in [0.25, 0.3) is 0 Å². The first-order valence-corrected chi connectivity index (χ1v) is 4.86. The van der Waals surface area contributed by atoms with Gasteiger partial charge in [0.2, 0.25) is 0 Å². The van der Waals surface area contributed by atoms with Crippen LogP contribution in [0.1, 0.15) is 34.8 Å². The summed E-state index contributed by atoms with van der Waals surface area (Å²) in [4.78, 5) is 11.8. The van der Waals surface area contributed by atoms with Crippen LogP contribution in [0.15, 0.2) is 18.2 Å². The van der Waals surface area contributed by atoms with Gasteiger partial charge in [0, 0.05) is 11.5 Å². The Hall–Kier alpha value is -1.11. The van der Waals surface area contributed by atoms with Crippen LogP contribution in [-0.4, -0.2) is 5.78 Å². The summed E-state index contributed by atoms with van der Waals surface area (Å²) in [5.74, 6) is 0.595. The minimum absolute atomic E-state index is 0.246. The highest BCUT2D eigenvalue weighted by Gasteiger charge is 2.29. The molecule has 0 heterocycles. The van der Waals surface area contributed by atoms with E-state index in [4.69, 9.17) is 0 Å². The number of rotatable bonds is 1. The molecule has 0 spiro atoms. The fourth-order valence-electron chi connectivity index (χ4n) is 2.09. The summed E-state index contributed by atoms with van der Waals surface area (Å²) in [5.41, 5.74) is 3.51. The number of carbonyl (C=O) groups is 1. The molecule has 0 amide bonds. The molecule has 0 aliphatic heterocycles. The van der Waals surface area contributed by atoms with Gasteiger partial charge in [-0.2, -0.15) is 0 Å². The van der Waals surface area contributed by atoms with Crippen LogP contribution < -0.4 is 0 Å². The van der Waals surface area contributed by atoms with Gasteiger partial charge in [0.25, 0.3) is 0 Å². The molecule has 0 aromatic heterocycles. The first kappa shape index (κ1) is 8.49. The van der Waals surface area contributed by atoms with Crippen molar-refractivity contribution in [2.45, 2.75) is 26.7 Å². The van der Waals surface area contributed by atoms with Gasteiger partial charge in [-0.25, -0.2) is 0 Å². The molecule has 1 nitrogen and oxygen atoms in total. The summed E-state index contributed by atoms with van der Waals surface area (Å²) in [5, 5.41) is 0. The van der Waals surface area contributed by atoms with Crippen molar-refractivity contribution >= 4 is 5.78 Å². The van der Waals surface area contributed by atoms with Gasteiger partial charge < -0.3 is 0 Å². The lowest BCUT2D eigenvalue weighted by Crippen LogP contribution is -2.06. The lowest BCUT2D eigenvalue weighted by atomic mass is 10.0. The van der Waals surface area contributed by atoms with E-state index in [-0.39, 0.29) is 5.92 Å². The predicted octanol–water partition coefficient (Wildman–Crippen LogP) is 2.76. The van der Waals surface area contributed by atoms with E-state index < -0.39 is 0 Å². The van der Waals surface area contributed by atoms with Gasteiger partial charge >= 0.3 is 0 Å². The zero-order valence-corrected chi connectivity index (χ0v) is 8.13. The number of fused-ring (bicyclic) bond motifs is 1. The van der Waals surface area contributed by atoms with E-state index in [9.17, 15) is 4.79 Å². The normalized spacial score (nSPS) is 20.5. The third-order valence-corrected chi connectivity index (χ3v) is 2.99. The molecular weight excluding hydrogens is 160 g/mol. The standard InChI is InChI=1S/C12H14O/c1-3-9-7-11-8(2)5-4-6-10(11)12(9)13/h4-6,9H,3,7H2,1-2H3. The SMILES string of the molecule is CCC1Cc2c(C)cccc2C1=O. The van der Waals surface area contributed by atoms with Crippen molar-refractivity contribution in [3.63, 3.8) is 0 Å². The van der Waals surface area contributed by atoms with Gasteiger partial charge in [-0.05, 0) is 30.9 Å². The molecule has 0 saturated heterocycles. The summed E-state index contributed by atoms with van der Waals surface area (Å²) >= 11 is 0. The van der Waals surface area contributed by atoms with E-state index in [0.29, 0.717) is 5.78 Å². The second kappa shape index (κ2) is 2.99. The summed E-state index contributed by atoms with van der Waals surface area (Å²) in [6.45, 7) is 4.17. The van der Waals surface area contributed by atoms with Crippen LogP contribution >= 0.6 is 0 Å². The summed E-state index contributed by atoms with van der Waals surface area (Å²) in [7, 11) is 0. The van der Waals surface area contributed by atoms with Crippen LogP contribution in [0.3, 0.4) is 0 Å². The first-order valence-electron chi connectivity index (χ1n) is 4.86. The van der Waals surface area contributed by atoms with Crippen LogP contribution in [0.2, 0.25) is 0 Å². The van der Waals surface area contributed by atoms with Crippen LogP contribution in [0.5, 0.6) is 0 Å². The van der Waals surface area contributed by atoms with Crippen molar-refractivity contribution in [3.05, 3.63) is 34.9 Å². The maximum absolute atomic E-state index is 11.8. The number of carbonyl (C=O) groups excluding carboxylic acids is 1. The van der Waals surface area contributed by atoms with Crippen LogP contribution in [0.4, 0.5) is 0 Å². The molecule has 1 aliphatic carbocycles. The fraction of sp³-hybridized carbons (Fsp3) is 0.417. The molecule has 1 aliphatic rings. The smallest absolute Gasteiger partial charge is 0.166 e. The molecule has 0 bridgehead atoms. The van der Waals surface area contributed by atoms with Crippen molar-refractivity contribution < 1.29 is 4.79 Å². The number of aryl methyl sites for hydroxylation is 1. The third kappa shape index (κ3) is 1.19. The molecule has 0 fully saturated rings. The highest BCUT2D eigenvalue weighted by atomic mass is 16.1. The molecule has 0 radical (unpaired) electrons. The molecule has 2 rings (SSSR count). The molecule has 1 aromatic rings. The Bertz CT molecular complexity index is 352. The number of hydrogen-bond acceptors (Lipinski definition) is 1. The quantitative estimate of drug-likeness (QED) is 0.639. The van der Waals surface area contributed by atoms with Crippen molar-refractivity contribution in [2.24, 2.45) is 5.92 Å². The summed E-state index contributed by atoms with van der Waals surface area (Å²) < 4.78 is 0. The number of ketones is 1. The Morgan fingerprint density at radius 3 is 2.85 bits per heavy atom. The summed E-state index contributed by atoms with van der Waals surface area (Å²) in [6.07, 6.45) is 1.92. The van der Waals surface area contributed by atoms with Crippen molar-refractivity contribution in [1.29, 1.82) is 0 Å². The Morgan fingerprint density at radius 1 is 1.46 bits per heavy atom. The maximum Gasteiger partial charge on any atom is 0.166 e. The first-order chi connectivity index (χ1) is 6.24. The number of hydrogen-bond donors (Lipinski definition) is 0. The zero-order chi connectivity index (χ0) is 9.42. The third-order valence-electron chi connectivity index (χ3n) is 2.99. The van der Waals surface area contributed by atoms with Gasteiger partial charge in [-0.15, -0.1) is 0 Å². The lowest BCUT2D eigenvalue weighted by Gasteiger charge is -2.01. The monoisotopic (exact) mass is 174 g/mol. The largest absolute Gasteiger partial charge is 0.294 e. The van der Waals surface area contributed by atoms with E-state index in [1.807, 2.05) is 12.1 Å². The number of Topliss-reactive ketones (excluding diaryl/α,β-unsaturated/α-hetero) is 1. The average molecular weight is 174 g/mol. The lowest BCUT2D eigenvalue weighted by molar-refractivity contribution is 0.0934. The molecule has 0 saturated carbocycles. The second-order valence-electron chi connectivity index (χ2n) is 3.77. The van der Waals surface area contributed by atoms with E-state index in [1.54, 1.807) is 0 Å². The second-order valence-corrected chi connectivity index (χ2v) is 3.77. The molecule has 1 atom stereocenters. The van der Waals surface area contributed by atoms with E-state index in [0.717, 1.165) is 18.4 Å². The van der Waals surface area contributed by atoms with Gasteiger partial charge in [-0.3, -0.25) is 4.79 Å². The fourth-order valence-corrected chi connectivity index (χ4v) is 2.09. The zero-order valence-electron chi connectivity index (χ0n) is 8.13. The van der Waals surface area contributed by atoms with Gasteiger partial charge in [0.1, 0.15) is 0 Å². The highest BCUT2D eigenvalue weighted by molar-refractivity contribution is 6.02. The Kier molecular flexibility index (Phi) is 1.95. The van der Waals surface area contributed by atoms with Crippen LogP contribution in [-0.2, 0) is 6.42 Å². The maximum atomic E-state index is 11.8.